The van der Waals surface area contributed by atoms with Gasteiger partial charge in [-0.05, 0) is 37.5 Å². The molecule has 2 heterocycles. The summed E-state index contributed by atoms with van der Waals surface area (Å²) >= 11 is 0. The second-order valence-corrected chi connectivity index (χ2v) is 7.99. The first kappa shape index (κ1) is 19.7. The number of aryl methyl sites for hydroxylation is 1. The fraction of sp³-hybridized carbons (Fsp3) is 0.471. The summed E-state index contributed by atoms with van der Waals surface area (Å²) in [5.41, 5.74) is 0.693. The number of nitrogens with zero attached hydrogens (tertiary/aromatic N) is 2. The van der Waals surface area contributed by atoms with Crippen LogP contribution < -0.4 is 9.46 Å². The molecule has 0 spiro atoms. The molecule has 1 aliphatic rings. The van der Waals surface area contributed by atoms with Crippen molar-refractivity contribution in [2.45, 2.75) is 43.9 Å². The molecular formula is C17H21F2N3O4S. The number of nitrogens with one attached hydrogen (secondary N) is 1. The summed E-state index contributed by atoms with van der Waals surface area (Å²) in [6.45, 7) is -0.338. The van der Waals surface area contributed by atoms with E-state index in [1.54, 1.807) is 24.3 Å². The van der Waals surface area contributed by atoms with Crippen LogP contribution in [0.2, 0.25) is 0 Å². The maximum absolute atomic E-state index is 12.7. The van der Waals surface area contributed by atoms with Gasteiger partial charge in [-0.15, -0.1) is 0 Å². The molecule has 10 heteroatoms. The van der Waals surface area contributed by atoms with Gasteiger partial charge < -0.3 is 9.47 Å². The van der Waals surface area contributed by atoms with Gasteiger partial charge >= 0.3 is 6.55 Å². The molecule has 1 aromatic carbocycles. The number of hydrogen-bond acceptors (Lipinski definition) is 5. The zero-order valence-corrected chi connectivity index (χ0v) is 15.6. The zero-order chi connectivity index (χ0) is 19.4. The molecule has 1 atom stereocenters. The number of alkyl halides is 2. The van der Waals surface area contributed by atoms with Gasteiger partial charge in [0.15, 0.2) is 0 Å². The van der Waals surface area contributed by atoms with Gasteiger partial charge in [0.05, 0.1) is 18.0 Å². The molecule has 0 radical (unpaired) electrons. The minimum Gasteiger partial charge on any atom is -0.491 e. The average Bonchev–Trinajstić information content (AvgIpc) is 3.28. The minimum absolute atomic E-state index is 0.00123. The van der Waals surface area contributed by atoms with Crippen LogP contribution in [-0.2, 0) is 21.3 Å². The van der Waals surface area contributed by atoms with Crippen LogP contribution in [0.3, 0.4) is 0 Å². The third-order valence-electron chi connectivity index (χ3n) is 4.19. The predicted octanol–water partition coefficient (Wildman–Crippen LogP) is 2.62. The Morgan fingerprint density at radius 2 is 2.26 bits per heavy atom. The van der Waals surface area contributed by atoms with E-state index in [0.717, 1.165) is 25.6 Å². The van der Waals surface area contributed by atoms with Crippen molar-refractivity contribution in [3.05, 3.63) is 41.7 Å². The molecular weight excluding hydrogens is 380 g/mol. The lowest BCUT2D eigenvalue weighted by molar-refractivity contribution is 0.0561. The SMILES string of the molecule is Cc1nn(C(F)F)cc1S(=O)(=O)NCc1cccc(OC[C@@H]2CCCO2)c1. The number of benzene rings is 1. The normalized spacial score (nSPS) is 17.6. The number of halogens is 2. The van der Waals surface area contributed by atoms with Crippen molar-refractivity contribution < 1.29 is 26.7 Å². The maximum Gasteiger partial charge on any atom is 0.333 e. The minimum atomic E-state index is -3.97. The largest absolute Gasteiger partial charge is 0.491 e. The second kappa shape index (κ2) is 8.32. The van der Waals surface area contributed by atoms with Crippen LogP contribution in [0.4, 0.5) is 8.78 Å². The lowest BCUT2D eigenvalue weighted by atomic mass is 10.2. The monoisotopic (exact) mass is 401 g/mol. The van der Waals surface area contributed by atoms with E-state index in [-0.39, 0.29) is 23.2 Å². The van der Waals surface area contributed by atoms with Gasteiger partial charge in [0, 0.05) is 13.2 Å². The quantitative estimate of drug-likeness (QED) is 0.735. The van der Waals surface area contributed by atoms with Gasteiger partial charge in [-0.2, -0.15) is 13.9 Å². The highest BCUT2D eigenvalue weighted by molar-refractivity contribution is 7.89. The molecule has 0 saturated carbocycles. The fourth-order valence-corrected chi connectivity index (χ4v) is 3.98. The topological polar surface area (TPSA) is 82.5 Å². The summed E-state index contributed by atoms with van der Waals surface area (Å²) in [7, 11) is -3.97. The first-order chi connectivity index (χ1) is 12.8. The van der Waals surface area contributed by atoms with E-state index in [0.29, 0.717) is 22.6 Å². The van der Waals surface area contributed by atoms with Crippen molar-refractivity contribution in [1.29, 1.82) is 0 Å². The second-order valence-electron chi connectivity index (χ2n) is 6.25. The molecule has 148 valence electrons. The van der Waals surface area contributed by atoms with Crippen molar-refractivity contribution in [3.63, 3.8) is 0 Å². The maximum atomic E-state index is 12.7. The molecule has 1 saturated heterocycles. The van der Waals surface area contributed by atoms with E-state index >= 15 is 0 Å². The van der Waals surface area contributed by atoms with Gasteiger partial charge in [0.25, 0.3) is 0 Å². The van der Waals surface area contributed by atoms with Gasteiger partial charge in [-0.25, -0.2) is 17.8 Å². The van der Waals surface area contributed by atoms with Crippen LogP contribution in [0.15, 0.2) is 35.4 Å². The van der Waals surface area contributed by atoms with Gasteiger partial charge in [0.1, 0.15) is 17.3 Å². The van der Waals surface area contributed by atoms with E-state index in [2.05, 4.69) is 9.82 Å². The van der Waals surface area contributed by atoms with Crippen LogP contribution in [0.1, 0.15) is 30.6 Å². The zero-order valence-electron chi connectivity index (χ0n) is 14.8. The summed E-state index contributed by atoms with van der Waals surface area (Å²) in [6, 6.07) is 7.02. The number of rotatable bonds is 8. The summed E-state index contributed by atoms with van der Waals surface area (Å²) in [4.78, 5) is -0.270. The Hall–Kier alpha value is -2.04. The van der Waals surface area contributed by atoms with Crippen molar-refractivity contribution in [2.24, 2.45) is 0 Å². The highest BCUT2D eigenvalue weighted by Gasteiger charge is 2.22. The Kier molecular flexibility index (Phi) is 6.08. The first-order valence-electron chi connectivity index (χ1n) is 8.52. The molecule has 3 rings (SSSR count). The standard InChI is InChI=1S/C17H21F2N3O4S/c1-12-16(10-22(21-12)17(18)19)27(23,24)20-9-13-4-2-5-14(8-13)26-11-15-6-3-7-25-15/h2,4-5,8,10,15,17,20H,3,6-7,9,11H2,1H3/t15-/m0/s1. The number of hydrogen-bond donors (Lipinski definition) is 1. The van der Waals surface area contributed by atoms with Crippen LogP contribution >= 0.6 is 0 Å². The molecule has 1 aliphatic heterocycles. The van der Waals surface area contributed by atoms with E-state index < -0.39 is 16.6 Å². The van der Waals surface area contributed by atoms with Crippen LogP contribution in [-0.4, -0.2) is 37.5 Å². The highest BCUT2D eigenvalue weighted by Crippen LogP contribution is 2.20. The predicted molar refractivity (Wildman–Crippen MR) is 93.2 cm³/mol. The number of sulfonamides is 1. The summed E-state index contributed by atoms with van der Waals surface area (Å²) in [5, 5.41) is 3.52. The molecule has 0 bridgehead atoms. The lowest BCUT2D eigenvalue weighted by Crippen LogP contribution is -2.23. The molecule has 1 N–H and O–H groups in total. The van der Waals surface area contributed by atoms with Crippen LogP contribution in [0.5, 0.6) is 5.75 Å². The molecule has 0 unspecified atom stereocenters. The van der Waals surface area contributed by atoms with E-state index in [1.165, 1.54) is 6.92 Å². The molecule has 0 aliphatic carbocycles. The number of ether oxygens (including phenoxy) is 2. The Balaban J connectivity index is 1.62. The van der Waals surface area contributed by atoms with E-state index in [1.807, 2.05) is 0 Å². The molecule has 27 heavy (non-hydrogen) atoms. The third-order valence-corrected chi connectivity index (χ3v) is 5.69. The average molecular weight is 401 g/mol. The smallest absolute Gasteiger partial charge is 0.333 e. The van der Waals surface area contributed by atoms with Crippen LogP contribution in [0.25, 0.3) is 0 Å². The first-order valence-corrected chi connectivity index (χ1v) is 10.0. The lowest BCUT2D eigenvalue weighted by Gasteiger charge is -2.12. The van der Waals surface area contributed by atoms with E-state index in [9.17, 15) is 17.2 Å². The van der Waals surface area contributed by atoms with Crippen molar-refractivity contribution in [1.82, 2.24) is 14.5 Å². The Bertz CT molecular complexity index is 880. The van der Waals surface area contributed by atoms with Crippen molar-refractivity contribution in [3.8, 4) is 5.75 Å². The fourth-order valence-electron chi connectivity index (χ4n) is 2.80. The van der Waals surface area contributed by atoms with Crippen molar-refractivity contribution in [2.75, 3.05) is 13.2 Å². The molecule has 1 aromatic heterocycles. The number of aromatic nitrogens is 2. The molecule has 1 fully saturated rings. The molecule has 0 amide bonds. The van der Waals surface area contributed by atoms with Gasteiger partial charge in [0.2, 0.25) is 10.0 Å². The van der Waals surface area contributed by atoms with Crippen molar-refractivity contribution >= 4 is 10.0 Å². The Morgan fingerprint density at radius 3 is 2.93 bits per heavy atom. The summed E-state index contributed by atoms with van der Waals surface area (Å²) in [5.74, 6) is 0.615. The van der Waals surface area contributed by atoms with Gasteiger partial charge in [-0.3, -0.25) is 0 Å². The molecule has 7 nitrogen and oxygen atoms in total. The third kappa shape index (κ3) is 5.02. The van der Waals surface area contributed by atoms with E-state index in [4.69, 9.17) is 9.47 Å². The Labute approximate surface area is 156 Å². The summed E-state index contributed by atoms with van der Waals surface area (Å²) in [6.07, 6.45) is 2.90. The summed E-state index contributed by atoms with van der Waals surface area (Å²) < 4.78 is 64.1. The Morgan fingerprint density at radius 1 is 1.44 bits per heavy atom. The van der Waals surface area contributed by atoms with Crippen LogP contribution in [0, 0.1) is 6.92 Å². The van der Waals surface area contributed by atoms with Gasteiger partial charge in [-0.1, -0.05) is 12.1 Å². The highest BCUT2D eigenvalue weighted by atomic mass is 32.2. The molecule has 2 aromatic rings.